The second kappa shape index (κ2) is 8.03. The van der Waals surface area contributed by atoms with Crippen molar-refractivity contribution in [2.75, 3.05) is 26.1 Å². The first-order chi connectivity index (χ1) is 14.4. The van der Waals surface area contributed by atoms with Gasteiger partial charge in [0.1, 0.15) is 11.3 Å². The molecule has 4 rings (SSSR count). The summed E-state index contributed by atoms with van der Waals surface area (Å²) in [5.41, 5.74) is 4.27. The molecule has 0 amide bonds. The zero-order chi connectivity index (χ0) is 21.3. The van der Waals surface area contributed by atoms with Crippen molar-refractivity contribution < 1.29 is 13.9 Å². The molecule has 1 aliphatic rings. The molecular formula is C25H23NO4. The van der Waals surface area contributed by atoms with Crippen LogP contribution in [0.4, 0.5) is 5.69 Å². The zero-order valence-corrected chi connectivity index (χ0v) is 17.3. The summed E-state index contributed by atoms with van der Waals surface area (Å²) in [6, 6.07) is 14.9. The van der Waals surface area contributed by atoms with Crippen molar-refractivity contribution in [1.82, 2.24) is 0 Å². The Balaban J connectivity index is 1.66. The summed E-state index contributed by atoms with van der Waals surface area (Å²) in [6.07, 6.45) is 5.10. The zero-order valence-electron chi connectivity index (χ0n) is 17.3. The number of carbonyl (C=O) groups excluding carboxylic acids is 1. The van der Waals surface area contributed by atoms with Crippen LogP contribution in [0.3, 0.4) is 0 Å². The van der Waals surface area contributed by atoms with Crippen molar-refractivity contribution in [3.05, 3.63) is 81.2 Å². The standard InChI is InChI=1S/C25H23NO4/c1-26(2)20-8-4-16(5-9-20)12-17-6-7-18(25(17)28)13-19-14-24(27)30-23-15-21(29-3)10-11-22(19)23/h4-5,8-15H,6-7H2,1-3H3/b17-12-,18-13-. The van der Waals surface area contributed by atoms with Crippen molar-refractivity contribution >= 4 is 34.6 Å². The first-order valence-corrected chi connectivity index (χ1v) is 9.80. The number of anilines is 1. The van der Waals surface area contributed by atoms with Crippen LogP contribution >= 0.6 is 0 Å². The molecule has 0 N–H and O–H groups in total. The van der Waals surface area contributed by atoms with E-state index in [2.05, 4.69) is 0 Å². The fraction of sp³-hybridized carbons (Fsp3) is 0.200. The molecule has 0 spiro atoms. The van der Waals surface area contributed by atoms with Crippen molar-refractivity contribution in [3.8, 4) is 5.75 Å². The van der Waals surface area contributed by atoms with Crippen LogP contribution in [0.25, 0.3) is 23.1 Å². The summed E-state index contributed by atoms with van der Waals surface area (Å²) in [4.78, 5) is 27.0. The summed E-state index contributed by atoms with van der Waals surface area (Å²) >= 11 is 0. The number of fused-ring (bicyclic) bond motifs is 1. The molecule has 152 valence electrons. The van der Waals surface area contributed by atoms with E-state index in [0.717, 1.165) is 22.2 Å². The van der Waals surface area contributed by atoms with Crippen LogP contribution in [0.1, 0.15) is 24.0 Å². The third-order valence-electron chi connectivity index (χ3n) is 5.31. The minimum atomic E-state index is -0.454. The van der Waals surface area contributed by atoms with Gasteiger partial charge >= 0.3 is 5.63 Å². The number of carbonyl (C=O) groups is 1. The molecule has 0 radical (unpaired) electrons. The van der Waals surface area contributed by atoms with Crippen LogP contribution in [-0.2, 0) is 4.79 Å². The van der Waals surface area contributed by atoms with E-state index in [1.54, 1.807) is 13.2 Å². The van der Waals surface area contributed by atoms with E-state index in [4.69, 9.17) is 9.15 Å². The number of hydrogen-bond acceptors (Lipinski definition) is 5. The minimum absolute atomic E-state index is 0.0292. The summed E-state index contributed by atoms with van der Waals surface area (Å²) < 4.78 is 10.5. The lowest BCUT2D eigenvalue weighted by Gasteiger charge is -2.11. The molecule has 1 heterocycles. The third kappa shape index (κ3) is 3.92. The lowest BCUT2D eigenvalue weighted by atomic mass is 10.0. The van der Waals surface area contributed by atoms with Gasteiger partial charge in [-0.3, -0.25) is 4.79 Å². The molecular weight excluding hydrogens is 378 g/mol. The van der Waals surface area contributed by atoms with Gasteiger partial charge in [0.05, 0.1) is 7.11 Å². The Labute approximate surface area is 174 Å². The van der Waals surface area contributed by atoms with E-state index >= 15 is 0 Å². The molecule has 5 heteroatoms. The van der Waals surface area contributed by atoms with Gasteiger partial charge < -0.3 is 14.1 Å². The Bertz CT molecular complexity index is 1230. The highest BCUT2D eigenvalue weighted by atomic mass is 16.5. The van der Waals surface area contributed by atoms with Crippen LogP contribution in [-0.4, -0.2) is 27.0 Å². The maximum Gasteiger partial charge on any atom is 0.336 e. The van der Waals surface area contributed by atoms with E-state index < -0.39 is 5.63 Å². The Kier molecular flexibility index (Phi) is 5.27. The fourth-order valence-electron chi connectivity index (χ4n) is 3.65. The molecule has 3 aromatic rings. The van der Waals surface area contributed by atoms with Gasteiger partial charge in [-0.2, -0.15) is 0 Å². The van der Waals surface area contributed by atoms with Crippen LogP contribution in [0.15, 0.2) is 68.9 Å². The number of methoxy groups -OCH3 is 1. The molecule has 1 fully saturated rings. The summed E-state index contributed by atoms with van der Waals surface area (Å²) in [7, 11) is 5.55. The molecule has 1 saturated carbocycles. The van der Waals surface area contributed by atoms with Crippen LogP contribution in [0, 0.1) is 0 Å². The van der Waals surface area contributed by atoms with Crippen molar-refractivity contribution in [2.24, 2.45) is 0 Å². The van der Waals surface area contributed by atoms with Crippen molar-refractivity contribution in [3.63, 3.8) is 0 Å². The van der Waals surface area contributed by atoms with Crippen LogP contribution in [0.2, 0.25) is 0 Å². The maximum atomic E-state index is 12.9. The van der Waals surface area contributed by atoms with E-state index in [9.17, 15) is 9.59 Å². The number of ether oxygens (including phenoxy) is 1. The summed E-state index contributed by atoms with van der Waals surface area (Å²) in [6.45, 7) is 0. The highest BCUT2D eigenvalue weighted by Gasteiger charge is 2.23. The SMILES string of the molecule is COc1ccc2c(/C=C3/CC/C(=C/c4ccc(N(C)C)cc4)C3=O)cc(=O)oc2c1. The predicted octanol–water partition coefficient (Wildman–Crippen LogP) is 4.70. The fourth-order valence-corrected chi connectivity index (χ4v) is 3.65. The first kappa shape index (κ1) is 19.7. The Morgan fingerprint density at radius 2 is 1.63 bits per heavy atom. The number of hydrogen-bond donors (Lipinski definition) is 0. The van der Waals surface area contributed by atoms with Crippen LogP contribution in [0.5, 0.6) is 5.75 Å². The highest BCUT2D eigenvalue weighted by Crippen LogP contribution is 2.31. The first-order valence-electron chi connectivity index (χ1n) is 9.80. The lowest BCUT2D eigenvalue weighted by Crippen LogP contribution is -2.07. The molecule has 2 aromatic carbocycles. The minimum Gasteiger partial charge on any atom is -0.497 e. The molecule has 5 nitrogen and oxygen atoms in total. The monoisotopic (exact) mass is 401 g/mol. The van der Waals surface area contributed by atoms with Crippen molar-refractivity contribution in [1.29, 1.82) is 0 Å². The number of nitrogens with zero attached hydrogens (tertiary/aromatic N) is 1. The number of rotatable bonds is 4. The number of allylic oxidation sites excluding steroid dienone is 2. The van der Waals surface area contributed by atoms with E-state index in [0.29, 0.717) is 35.3 Å². The van der Waals surface area contributed by atoms with Gasteiger partial charge in [0.2, 0.25) is 0 Å². The van der Waals surface area contributed by atoms with Crippen LogP contribution < -0.4 is 15.3 Å². The van der Waals surface area contributed by atoms with E-state index in [1.807, 2.05) is 67.5 Å². The van der Waals surface area contributed by atoms with Gasteiger partial charge in [-0.05, 0) is 60.4 Å². The van der Waals surface area contributed by atoms with Crippen molar-refractivity contribution in [2.45, 2.75) is 12.8 Å². The topological polar surface area (TPSA) is 59.8 Å². The largest absolute Gasteiger partial charge is 0.497 e. The maximum absolute atomic E-state index is 12.9. The van der Waals surface area contributed by atoms with Gasteiger partial charge in [-0.1, -0.05) is 12.1 Å². The Hall–Kier alpha value is -3.60. The van der Waals surface area contributed by atoms with Gasteiger partial charge in [0, 0.05) is 48.4 Å². The number of Topliss-reactive ketones (excluding diaryl/α,β-unsaturated/α-hetero) is 1. The molecule has 0 saturated heterocycles. The predicted molar refractivity (Wildman–Crippen MR) is 120 cm³/mol. The second-order valence-electron chi connectivity index (χ2n) is 7.54. The molecule has 0 unspecified atom stereocenters. The normalized spacial score (nSPS) is 16.6. The van der Waals surface area contributed by atoms with E-state index in [1.165, 1.54) is 6.07 Å². The number of ketones is 1. The lowest BCUT2D eigenvalue weighted by molar-refractivity contribution is -0.111. The van der Waals surface area contributed by atoms with Gasteiger partial charge in [-0.25, -0.2) is 4.79 Å². The number of benzene rings is 2. The quantitative estimate of drug-likeness (QED) is 0.469. The molecule has 1 aromatic heterocycles. The van der Waals surface area contributed by atoms with Gasteiger partial charge in [-0.15, -0.1) is 0 Å². The molecule has 30 heavy (non-hydrogen) atoms. The average molecular weight is 401 g/mol. The summed E-state index contributed by atoms with van der Waals surface area (Å²) in [5, 5.41) is 0.771. The van der Waals surface area contributed by atoms with E-state index in [-0.39, 0.29) is 5.78 Å². The summed E-state index contributed by atoms with van der Waals surface area (Å²) in [5.74, 6) is 0.638. The third-order valence-corrected chi connectivity index (χ3v) is 5.31. The smallest absolute Gasteiger partial charge is 0.336 e. The van der Waals surface area contributed by atoms with Gasteiger partial charge in [0.25, 0.3) is 0 Å². The highest BCUT2D eigenvalue weighted by molar-refractivity contribution is 6.16. The Morgan fingerprint density at radius 1 is 0.933 bits per heavy atom. The molecule has 1 aliphatic carbocycles. The molecule has 0 atom stereocenters. The molecule has 0 aliphatic heterocycles. The Morgan fingerprint density at radius 3 is 2.30 bits per heavy atom. The van der Waals surface area contributed by atoms with Gasteiger partial charge in [0.15, 0.2) is 5.78 Å². The average Bonchev–Trinajstić information content (AvgIpc) is 3.07. The molecule has 0 bridgehead atoms. The second-order valence-corrected chi connectivity index (χ2v) is 7.54.